The Labute approximate surface area is 65.7 Å². The monoisotopic (exact) mass is 162 g/mol. The van der Waals surface area contributed by atoms with Gasteiger partial charge in [-0.2, -0.15) is 11.8 Å². The molecule has 3 nitrogen and oxygen atoms in total. The molecule has 0 aromatic rings. The highest BCUT2D eigenvalue weighted by Crippen LogP contribution is 2.13. The minimum absolute atomic E-state index is 0.176. The number of thioether (sulfide) groups is 1. The van der Waals surface area contributed by atoms with Gasteiger partial charge < -0.3 is 10.9 Å². The van der Waals surface area contributed by atoms with Gasteiger partial charge in [-0.25, -0.2) is 0 Å². The molecule has 0 rings (SSSR count). The second-order valence-electron chi connectivity index (χ2n) is 1.88. The van der Waals surface area contributed by atoms with Crippen molar-refractivity contribution in [3.63, 3.8) is 0 Å². The van der Waals surface area contributed by atoms with Gasteiger partial charge in [0.2, 0.25) is 0 Å². The van der Waals surface area contributed by atoms with Crippen LogP contribution in [0, 0.1) is 0 Å². The summed E-state index contributed by atoms with van der Waals surface area (Å²) >= 11 is 1.69. The predicted octanol–water partition coefficient (Wildman–Crippen LogP) is 1.26. The Morgan fingerprint density at radius 1 is 1.70 bits per heavy atom. The van der Waals surface area contributed by atoms with Gasteiger partial charge in [-0.05, 0) is 12.2 Å². The molecule has 1 unspecified atom stereocenters. The van der Waals surface area contributed by atoms with Crippen molar-refractivity contribution < 1.29 is 5.21 Å². The number of nitrogens with two attached hydrogens (primary N) is 1. The molecule has 4 heteroatoms. The van der Waals surface area contributed by atoms with E-state index in [0.717, 1.165) is 12.2 Å². The minimum Gasteiger partial charge on any atom is -0.409 e. The molecule has 1 atom stereocenters. The summed E-state index contributed by atoms with van der Waals surface area (Å²) in [5.74, 6) is 1.32. The normalized spacial score (nSPS) is 15.2. The number of amidine groups is 1. The van der Waals surface area contributed by atoms with Crippen molar-refractivity contribution in [3.05, 3.63) is 0 Å². The van der Waals surface area contributed by atoms with Crippen LogP contribution in [0.4, 0.5) is 0 Å². The van der Waals surface area contributed by atoms with Crippen LogP contribution < -0.4 is 5.73 Å². The molecule has 0 amide bonds. The first-order valence-electron chi connectivity index (χ1n) is 3.35. The molecule has 0 aromatic heterocycles. The van der Waals surface area contributed by atoms with Crippen molar-refractivity contribution in [2.24, 2.45) is 10.9 Å². The quantitative estimate of drug-likeness (QED) is 0.283. The molecule has 0 aliphatic carbocycles. The van der Waals surface area contributed by atoms with Gasteiger partial charge in [-0.1, -0.05) is 19.0 Å². The predicted molar refractivity (Wildman–Crippen MR) is 45.6 cm³/mol. The van der Waals surface area contributed by atoms with Crippen LogP contribution in [-0.4, -0.2) is 22.0 Å². The van der Waals surface area contributed by atoms with Crippen LogP contribution in [0.25, 0.3) is 0 Å². The molecule has 0 heterocycles. The second kappa shape index (κ2) is 5.41. The molecule has 0 aromatic carbocycles. The van der Waals surface area contributed by atoms with E-state index in [0.29, 0.717) is 5.84 Å². The van der Waals surface area contributed by atoms with E-state index in [1.54, 1.807) is 11.8 Å². The summed E-state index contributed by atoms with van der Waals surface area (Å²) in [5.41, 5.74) is 5.39. The highest BCUT2D eigenvalue weighted by molar-refractivity contribution is 8.00. The first-order valence-corrected chi connectivity index (χ1v) is 4.40. The van der Waals surface area contributed by atoms with E-state index >= 15 is 0 Å². The van der Waals surface area contributed by atoms with Crippen LogP contribution in [0.15, 0.2) is 5.16 Å². The maximum absolute atomic E-state index is 8.31. The number of hydrogen-bond acceptors (Lipinski definition) is 3. The molecule has 10 heavy (non-hydrogen) atoms. The highest BCUT2D eigenvalue weighted by atomic mass is 32.2. The average Bonchev–Trinajstić information content (AvgIpc) is 1.99. The average molecular weight is 162 g/mol. The molecular formula is C6H14N2OS. The van der Waals surface area contributed by atoms with Crippen LogP contribution >= 0.6 is 11.8 Å². The second-order valence-corrected chi connectivity index (χ2v) is 3.36. The van der Waals surface area contributed by atoms with Crippen LogP contribution in [0.2, 0.25) is 0 Å². The minimum atomic E-state index is 0.176. The van der Waals surface area contributed by atoms with Gasteiger partial charge in [0.15, 0.2) is 5.84 Å². The van der Waals surface area contributed by atoms with Gasteiger partial charge in [-0.15, -0.1) is 0 Å². The van der Waals surface area contributed by atoms with Crippen molar-refractivity contribution in [3.8, 4) is 0 Å². The first-order chi connectivity index (χ1) is 4.76. The van der Waals surface area contributed by atoms with Crippen molar-refractivity contribution in [2.75, 3.05) is 5.75 Å². The van der Waals surface area contributed by atoms with Crippen molar-refractivity contribution >= 4 is 17.6 Å². The van der Waals surface area contributed by atoms with E-state index in [1.807, 2.05) is 6.92 Å². The lowest BCUT2D eigenvalue weighted by Crippen LogP contribution is -2.25. The summed E-state index contributed by atoms with van der Waals surface area (Å²) < 4.78 is 0. The van der Waals surface area contributed by atoms with E-state index in [2.05, 4.69) is 12.1 Å². The third kappa shape index (κ3) is 2.96. The Morgan fingerprint density at radius 3 is 2.60 bits per heavy atom. The fourth-order valence-corrected chi connectivity index (χ4v) is 1.53. The zero-order valence-corrected chi connectivity index (χ0v) is 7.19. The lowest BCUT2D eigenvalue weighted by atomic mass is 10.3. The lowest BCUT2D eigenvalue weighted by Gasteiger charge is -2.09. The summed E-state index contributed by atoms with van der Waals surface area (Å²) in [6, 6.07) is 0. The fourth-order valence-electron chi connectivity index (χ4n) is 0.678. The molecule has 0 saturated heterocycles. The van der Waals surface area contributed by atoms with Crippen LogP contribution in [0.3, 0.4) is 0 Å². The topological polar surface area (TPSA) is 58.6 Å². The number of hydrogen-bond donors (Lipinski definition) is 2. The van der Waals surface area contributed by atoms with Crippen LogP contribution in [-0.2, 0) is 0 Å². The zero-order valence-electron chi connectivity index (χ0n) is 6.37. The van der Waals surface area contributed by atoms with E-state index < -0.39 is 0 Å². The standard InChI is InChI=1S/C6H14N2OS/c1-3-5(10-4-2)6(7)8-9/h5,9H,3-4H2,1-2H3,(H2,7,8). The van der Waals surface area contributed by atoms with Gasteiger partial charge in [0.05, 0.1) is 5.25 Å². The Bertz CT molecular complexity index is 116. The maximum atomic E-state index is 8.31. The molecule has 0 aliphatic heterocycles. The zero-order chi connectivity index (χ0) is 7.98. The SMILES string of the molecule is CCSC(CC)C(N)=NO. The molecule has 0 aliphatic rings. The summed E-state index contributed by atoms with van der Waals surface area (Å²) in [4.78, 5) is 0. The van der Waals surface area contributed by atoms with E-state index in [1.165, 1.54) is 0 Å². The van der Waals surface area contributed by atoms with Gasteiger partial charge in [-0.3, -0.25) is 0 Å². The molecule has 0 saturated carbocycles. The molecule has 3 N–H and O–H groups in total. The van der Waals surface area contributed by atoms with Gasteiger partial charge in [0, 0.05) is 0 Å². The molecule has 0 radical (unpaired) electrons. The van der Waals surface area contributed by atoms with Crippen molar-refractivity contribution in [1.29, 1.82) is 0 Å². The smallest absolute Gasteiger partial charge is 0.152 e. The van der Waals surface area contributed by atoms with Crippen LogP contribution in [0.1, 0.15) is 20.3 Å². The molecule has 0 bridgehead atoms. The Morgan fingerprint density at radius 2 is 2.30 bits per heavy atom. The summed E-state index contributed by atoms with van der Waals surface area (Å²) in [7, 11) is 0. The summed E-state index contributed by atoms with van der Waals surface area (Å²) in [6.45, 7) is 4.07. The molecule has 0 spiro atoms. The number of nitrogens with zero attached hydrogens (tertiary/aromatic N) is 1. The Hall–Kier alpha value is -0.380. The lowest BCUT2D eigenvalue weighted by molar-refractivity contribution is 0.317. The number of oxime groups is 1. The van der Waals surface area contributed by atoms with E-state index in [-0.39, 0.29) is 5.25 Å². The molecule has 0 fully saturated rings. The van der Waals surface area contributed by atoms with Crippen molar-refractivity contribution in [2.45, 2.75) is 25.5 Å². The summed E-state index contributed by atoms with van der Waals surface area (Å²) in [5, 5.41) is 11.4. The van der Waals surface area contributed by atoms with E-state index in [4.69, 9.17) is 10.9 Å². The first kappa shape index (κ1) is 9.62. The third-order valence-electron chi connectivity index (χ3n) is 1.18. The van der Waals surface area contributed by atoms with Gasteiger partial charge in [0.25, 0.3) is 0 Å². The molecular weight excluding hydrogens is 148 g/mol. The van der Waals surface area contributed by atoms with Gasteiger partial charge >= 0.3 is 0 Å². The largest absolute Gasteiger partial charge is 0.409 e. The highest BCUT2D eigenvalue weighted by Gasteiger charge is 2.09. The Kier molecular flexibility index (Phi) is 5.20. The van der Waals surface area contributed by atoms with E-state index in [9.17, 15) is 0 Å². The number of rotatable bonds is 4. The van der Waals surface area contributed by atoms with Crippen molar-refractivity contribution in [1.82, 2.24) is 0 Å². The Balaban J connectivity index is 3.80. The maximum Gasteiger partial charge on any atom is 0.152 e. The van der Waals surface area contributed by atoms with Gasteiger partial charge in [0.1, 0.15) is 0 Å². The third-order valence-corrected chi connectivity index (χ3v) is 2.49. The molecule has 60 valence electrons. The fraction of sp³-hybridized carbons (Fsp3) is 0.833. The van der Waals surface area contributed by atoms with Crippen LogP contribution in [0.5, 0.6) is 0 Å². The summed E-state index contributed by atoms with van der Waals surface area (Å²) in [6.07, 6.45) is 0.911.